The molecule has 0 radical (unpaired) electrons. The second-order valence-electron chi connectivity index (χ2n) is 4.61. The third-order valence-electron chi connectivity index (χ3n) is 3.26. The molecule has 3 N–H and O–H groups in total. The smallest absolute Gasteiger partial charge is 0.376 e. The molecule has 1 atom stereocenters. The van der Waals surface area contributed by atoms with Crippen molar-refractivity contribution in [2.24, 2.45) is 5.92 Å². The van der Waals surface area contributed by atoms with Crippen molar-refractivity contribution in [1.82, 2.24) is 16.2 Å². The number of ether oxygens (including phenoxy) is 1. The molecule has 2 rings (SSSR count). The van der Waals surface area contributed by atoms with Gasteiger partial charge in [-0.15, -0.1) is 0 Å². The summed E-state index contributed by atoms with van der Waals surface area (Å²) in [5.41, 5.74) is 4.94. The van der Waals surface area contributed by atoms with Crippen molar-refractivity contribution in [3.63, 3.8) is 0 Å². The molecule has 0 aromatic rings. The van der Waals surface area contributed by atoms with Crippen molar-refractivity contribution in [3.05, 3.63) is 0 Å². The second-order valence-corrected chi connectivity index (χ2v) is 4.61. The highest BCUT2D eigenvalue weighted by Crippen LogP contribution is 2.24. The van der Waals surface area contributed by atoms with Gasteiger partial charge in [0.1, 0.15) is 6.04 Å². The minimum absolute atomic E-state index is 0.181. The number of hydrazine groups is 1. The van der Waals surface area contributed by atoms with E-state index in [0.717, 1.165) is 32.1 Å². The van der Waals surface area contributed by atoms with E-state index in [9.17, 15) is 14.4 Å². The zero-order valence-corrected chi connectivity index (χ0v) is 10.0. The van der Waals surface area contributed by atoms with Gasteiger partial charge in [0.2, 0.25) is 0 Å². The fourth-order valence-electron chi connectivity index (χ4n) is 2.22. The maximum absolute atomic E-state index is 11.7. The third-order valence-corrected chi connectivity index (χ3v) is 3.26. The van der Waals surface area contributed by atoms with E-state index in [2.05, 4.69) is 16.2 Å². The Hall–Kier alpha value is -1.63. The van der Waals surface area contributed by atoms with Gasteiger partial charge in [-0.3, -0.25) is 15.0 Å². The molecule has 0 bridgehead atoms. The van der Waals surface area contributed by atoms with Crippen LogP contribution in [0.1, 0.15) is 32.1 Å². The van der Waals surface area contributed by atoms with Crippen LogP contribution in [0.3, 0.4) is 0 Å². The number of rotatable bonds is 2. The van der Waals surface area contributed by atoms with E-state index < -0.39 is 18.1 Å². The van der Waals surface area contributed by atoms with Crippen molar-refractivity contribution in [3.8, 4) is 0 Å². The summed E-state index contributed by atoms with van der Waals surface area (Å²) in [4.78, 5) is 34.3. The highest BCUT2D eigenvalue weighted by atomic mass is 16.6. The van der Waals surface area contributed by atoms with Gasteiger partial charge in [0.05, 0.1) is 5.92 Å². The molecular formula is C11H17N3O4. The maximum atomic E-state index is 11.7. The summed E-state index contributed by atoms with van der Waals surface area (Å²) in [5, 5.41) is 2.34. The van der Waals surface area contributed by atoms with Gasteiger partial charge in [0.15, 0.2) is 0 Å². The normalized spacial score (nSPS) is 24.4. The Balaban J connectivity index is 1.76. The molecule has 1 aliphatic carbocycles. The molecule has 0 aromatic carbocycles. The summed E-state index contributed by atoms with van der Waals surface area (Å²) in [6.07, 6.45) is 3.82. The Morgan fingerprint density at radius 2 is 1.94 bits per heavy atom. The van der Waals surface area contributed by atoms with E-state index in [1.54, 1.807) is 0 Å². The molecule has 2 aliphatic rings. The topological polar surface area (TPSA) is 96.5 Å². The van der Waals surface area contributed by atoms with Crippen LogP contribution in [0.5, 0.6) is 0 Å². The molecule has 0 spiro atoms. The van der Waals surface area contributed by atoms with E-state index in [4.69, 9.17) is 4.74 Å². The first-order valence-electron chi connectivity index (χ1n) is 6.21. The van der Waals surface area contributed by atoms with Gasteiger partial charge >= 0.3 is 12.1 Å². The van der Waals surface area contributed by atoms with Crippen LogP contribution >= 0.6 is 0 Å². The molecule has 2 amide bonds. The van der Waals surface area contributed by atoms with Crippen molar-refractivity contribution < 1.29 is 19.1 Å². The molecule has 1 heterocycles. The summed E-state index contributed by atoms with van der Waals surface area (Å²) >= 11 is 0. The van der Waals surface area contributed by atoms with Gasteiger partial charge in [-0.25, -0.2) is 10.2 Å². The molecule has 7 heteroatoms. The average molecular weight is 255 g/mol. The van der Waals surface area contributed by atoms with E-state index in [1.165, 1.54) is 0 Å². The van der Waals surface area contributed by atoms with Crippen LogP contribution in [0.4, 0.5) is 4.79 Å². The van der Waals surface area contributed by atoms with Gasteiger partial charge in [-0.2, -0.15) is 0 Å². The zero-order valence-electron chi connectivity index (χ0n) is 10.0. The standard InChI is InChI=1S/C11H17N3O4/c15-9-8(6-12-14-9)13-11(17)18-10(16)7-4-2-1-3-5-7/h7-8,12H,1-6H2,(H,13,17)(H,14,15)/t8-/m1/s1. The number of hydrogen-bond donors (Lipinski definition) is 3. The summed E-state index contributed by atoms with van der Waals surface area (Å²) in [7, 11) is 0. The minimum atomic E-state index is -0.852. The second kappa shape index (κ2) is 5.81. The number of alkyl carbamates (subject to hydrolysis) is 1. The number of amides is 2. The van der Waals surface area contributed by atoms with Crippen molar-refractivity contribution in [2.45, 2.75) is 38.1 Å². The third kappa shape index (κ3) is 3.19. The Bertz CT molecular complexity index is 352. The first-order chi connectivity index (χ1) is 8.66. The van der Waals surface area contributed by atoms with Crippen LogP contribution in [0.25, 0.3) is 0 Å². The van der Waals surface area contributed by atoms with Crippen molar-refractivity contribution in [2.75, 3.05) is 6.54 Å². The molecular weight excluding hydrogens is 238 g/mol. The summed E-state index contributed by atoms with van der Waals surface area (Å²) in [5.74, 6) is -1.00. The van der Waals surface area contributed by atoms with Crippen LogP contribution in [0.15, 0.2) is 0 Å². The van der Waals surface area contributed by atoms with Gasteiger partial charge in [-0.1, -0.05) is 19.3 Å². The molecule has 1 saturated carbocycles. The highest BCUT2D eigenvalue weighted by molar-refractivity contribution is 5.90. The number of hydrogen-bond acceptors (Lipinski definition) is 5. The first-order valence-corrected chi connectivity index (χ1v) is 6.21. The monoisotopic (exact) mass is 255 g/mol. The molecule has 1 aliphatic heterocycles. The number of nitrogens with one attached hydrogen (secondary N) is 3. The van der Waals surface area contributed by atoms with Crippen LogP contribution in [0.2, 0.25) is 0 Å². The predicted molar refractivity (Wildman–Crippen MR) is 61.1 cm³/mol. The van der Waals surface area contributed by atoms with Crippen LogP contribution in [-0.4, -0.2) is 30.6 Å². The highest BCUT2D eigenvalue weighted by Gasteiger charge is 2.29. The largest absolute Gasteiger partial charge is 0.415 e. The Kier molecular flexibility index (Phi) is 4.14. The van der Waals surface area contributed by atoms with Gasteiger partial charge < -0.3 is 10.1 Å². The zero-order chi connectivity index (χ0) is 13.0. The molecule has 2 fully saturated rings. The lowest BCUT2D eigenvalue weighted by Crippen LogP contribution is -2.43. The number of carbonyl (C=O) groups excluding carboxylic acids is 3. The number of esters is 1. The quantitative estimate of drug-likeness (QED) is 0.470. The molecule has 0 unspecified atom stereocenters. The minimum Gasteiger partial charge on any atom is -0.376 e. The molecule has 1 saturated heterocycles. The SMILES string of the molecule is O=C(N[C@@H]1CNNC1=O)OC(=O)C1CCCCC1. The molecule has 7 nitrogen and oxygen atoms in total. The lowest BCUT2D eigenvalue weighted by molar-refractivity contribution is -0.143. The van der Waals surface area contributed by atoms with Crippen molar-refractivity contribution in [1.29, 1.82) is 0 Å². The van der Waals surface area contributed by atoms with E-state index >= 15 is 0 Å². The van der Waals surface area contributed by atoms with Crippen LogP contribution in [-0.2, 0) is 14.3 Å². The average Bonchev–Trinajstić information content (AvgIpc) is 2.76. The van der Waals surface area contributed by atoms with Crippen molar-refractivity contribution >= 4 is 18.0 Å². The Morgan fingerprint density at radius 3 is 2.56 bits per heavy atom. The fourth-order valence-corrected chi connectivity index (χ4v) is 2.22. The van der Waals surface area contributed by atoms with Gasteiger partial charge in [0, 0.05) is 6.54 Å². The summed E-state index contributed by atoms with van der Waals surface area (Å²) < 4.78 is 4.70. The molecule has 100 valence electrons. The summed E-state index contributed by atoms with van der Waals surface area (Å²) in [6.45, 7) is 0.283. The molecule has 18 heavy (non-hydrogen) atoms. The van der Waals surface area contributed by atoms with E-state index in [1.807, 2.05) is 0 Å². The first kappa shape index (κ1) is 12.8. The van der Waals surface area contributed by atoms with Crippen LogP contribution in [0, 0.1) is 5.92 Å². The van der Waals surface area contributed by atoms with E-state index in [-0.39, 0.29) is 18.4 Å². The lowest BCUT2D eigenvalue weighted by Gasteiger charge is -2.19. The number of carbonyl (C=O) groups is 3. The van der Waals surface area contributed by atoms with Gasteiger partial charge in [-0.05, 0) is 12.8 Å². The Labute approximate surface area is 105 Å². The lowest BCUT2D eigenvalue weighted by atomic mass is 9.89. The molecule has 0 aromatic heterocycles. The Morgan fingerprint density at radius 1 is 1.22 bits per heavy atom. The van der Waals surface area contributed by atoms with Crippen LogP contribution < -0.4 is 16.2 Å². The van der Waals surface area contributed by atoms with Gasteiger partial charge in [0.25, 0.3) is 5.91 Å². The fraction of sp³-hybridized carbons (Fsp3) is 0.727. The van der Waals surface area contributed by atoms with E-state index in [0.29, 0.717) is 0 Å². The summed E-state index contributed by atoms with van der Waals surface area (Å²) in [6, 6.07) is -0.684. The predicted octanol–water partition coefficient (Wildman–Crippen LogP) is -0.178. The maximum Gasteiger partial charge on any atom is 0.415 e.